The molecule has 2 rings (SSSR count). The third-order valence-electron chi connectivity index (χ3n) is 3.87. The number of anilines is 1. The van der Waals surface area contributed by atoms with Gasteiger partial charge < -0.3 is 15.8 Å². The summed E-state index contributed by atoms with van der Waals surface area (Å²) in [5.74, 6) is 0.578. The van der Waals surface area contributed by atoms with Gasteiger partial charge in [-0.25, -0.2) is 0 Å². The maximum atomic E-state index is 12.2. The van der Waals surface area contributed by atoms with Crippen LogP contribution in [0, 0.1) is 0 Å². The van der Waals surface area contributed by atoms with E-state index in [0.717, 1.165) is 19.3 Å². The van der Waals surface area contributed by atoms with Crippen molar-refractivity contribution in [2.45, 2.75) is 38.1 Å². The fraction of sp³-hybridized carbons (Fsp3) is 0.500. The summed E-state index contributed by atoms with van der Waals surface area (Å²) < 4.78 is 5.07. The molecule has 1 fully saturated rings. The summed E-state index contributed by atoms with van der Waals surface area (Å²) in [5, 5.41) is 3.11. The van der Waals surface area contributed by atoms with Crippen LogP contribution in [0.1, 0.15) is 43.0 Å². The lowest BCUT2D eigenvalue weighted by molar-refractivity contribution is 0.0821. The number of rotatable bonds is 4. The fourth-order valence-corrected chi connectivity index (χ4v) is 2.35. The number of nitrogens with one attached hydrogen (secondary N) is 1. The summed E-state index contributed by atoms with van der Waals surface area (Å²) in [4.78, 5) is 12.2. The molecule has 1 aromatic carbocycles. The highest BCUT2D eigenvalue weighted by Gasteiger charge is 2.36. The lowest BCUT2D eigenvalue weighted by Crippen LogP contribution is -2.53. The van der Waals surface area contributed by atoms with Crippen molar-refractivity contribution >= 4 is 11.6 Å². The van der Waals surface area contributed by atoms with Crippen molar-refractivity contribution in [3.05, 3.63) is 23.8 Å². The van der Waals surface area contributed by atoms with E-state index in [1.54, 1.807) is 25.3 Å². The Kier molecular flexibility index (Phi) is 3.45. The Morgan fingerprint density at radius 1 is 1.50 bits per heavy atom. The van der Waals surface area contributed by atoms with Gasteiger partial charge in [0.2, 0.25) is 0 Å². The first-order valence-electron chi connectivity index (χ1n) is 6.36. The average Bonchev–Trinajstić information content (AvgIpc) is 2.33. The molecule has 4 heteroatoms. The molecule has 0 spiro atoms. The molecule has 1 aliphatic rings. The first kappa shape index (κ1) is 12.7. The van der Waals surface area contributed by atoms with E-state index < -0.39 is 0 Å². The van der Waals surface area contributed by atoms with Crippen molar-refractivity contribution in [2.24, 2.45) is 0 Å². The molecule has 98 valence electrons. The first-order valence-corrected chi connectivity index (χ1v) is 6.36. The van der Waals surface area contributed by atoms with Gasteiger partial charge in [-0.15, -0.1) is 0 Å². The predicted molar refractivity (Wildman–Crippen MR) is 71.7 cm³/mol. The number of carbonyl (C=O) groups excluding carboxylic acids is 1. The van der Waals surface area contributed by atoms with Gasteiger partial charge in [0.05, 0.1) is 12.7 Å². The third kappa shape index (κ3) is 2.28. The maximum Gasteiger partial charge on any atom is 0.253 e. The van der Waals surface area contributed by atoms with Gasteiger partial charge in [-0.3, -0.25) is 4.79 Å². The van der Waals surface area contributed by atoms with Gasteiger partial charge in [0.25, 0.3) is 5.91 Å². The maximum absolute atomic E-state index is 12.2. The third-order valence-corrected chi connectivity index (χ3v) is 3.87. The number of nitrogens with two attached hydrogens (primary N) is 1. The number of carbonyl (C=O) groups is 1. The van der Waals surface area contributed by atoms with Gasteiger partial charge in [0, 0.05) is 17.3 Å². The molecule has 3 N–H and O–H groups in total. The molecule has 1 saturated carbocycles. The molecule has 1 aromatic rings. The highest BCUT2D eigenvalue weighted by Crippen LogP contribution is 2.35. The van der Waals surface area contributed by atoms with Crippen LogP contribution in [-0.4, -0.2) is 18.6 Å². The highest BCUT2D eigenvalue weighted by atomic mass is 16.5. The Morgan fingerprint density at radius 2 is 2.22 bits per heavy atom. The topological polar surface area (TPSA) is 64.3 Å². The van der Waals surface area contributed by atoms with Crippen LogP contribution in [0.15, 0.2) is 18.2 Å². The number of hydrogen-bond donors (Lipinski definition) is 2. The van der Waals surface area contributed by atoms with Gasteiger partial charge in [0.15, 0.2) is 0 Å². The molecule has 0 radical (unpaired) electrons. The Bertz CT molecular complexity index is 448. The molecular formula is C14H20N2O2. The summed E-state index contributed by atoms with van der Waals surface area (Å²) >= 11 is 0. The number of methoxy groups -OCH3 is 1. The molecule has 0 unspecified atom stereocenters. The quantitative estimate of drug-likeness (QED) is 0.804. The van der Waals surface area contributed by atoms with Crippen LogP contribution in [-0.2, 0) is 0 Å². The molecule has 1 amide bonds. The largest absolute Gasteiger partial charge is 0.497 e. The number of benzene rings is 1. The standard InChI is InChI=1S/C14H20N2O2/c1-3-14(7-4-8-14)16-13(17)11-6-5-10(18-2)9-12(11)15/h5-6,9H,3-4,7-8,15H2,1-2H3,(H,16,17). The molecular weight excluding hydrogens is 228 g/mol. The Hall–Kier alpha value is -1.71. The second kappa shape index (κ2) is 4.88. The molecule has 0 bridgehead atoms. The molecule has 0 atom stereocenters. The molecule has 0 heterocycles. The average molecular weight is 248 g/mol. The van der Waals surface area contributed by atoms with Crippen molar-refractivity contribution in [1.29, 1.82) is 0 Å². The second-order valence-electron chi connectivity index (χ2n) is 4.89. The summed E-state index contributed by atoms with van der Waals surface area (Å²) in [7, 11) is 1.58. The molecule has 0 aromatic heterocycles. The van der Waals surface area contributed by atoms with Crippen LogP contribution in [0.4, 0.5) is 5.69 Å². The zero-order valence-corrected chi connectivity index (χ0v) is 11.0. The Labute approximate surface area is 108 Å². The number of nitrogen functional groups attached to an aromatic ring is 1. The van der Waals surface area contributed by atoms with Crippen LogP contribution in [0.3, 0.4) is 0 Å². The van der Waals surface area contributed by atoms with E-state index in [2.05, 4.69) is 12.2 Å². The van der Waals surface area contributed by atoms with Crippen LogP contribution in [0.25, 0.3) is 0 Å². The molecule has 1 aliphatic carbocycles. The van der Waals surface area contributed by atoms with Crippen molar-refractivity contribution in [1.82, 2.24) is 5.32 Å². The zero-order valence-electron chi connectivity index (χ0n) is 11.0. The normalized spacial score (nSPS) is 16.8. The van der Waals surface area contributed by atoms with E-state index in [1.165, 1.54) is 6.42 Å². The van der Waals surface area contributed by atoms with Crippen LogP contribution >= 0.6 is 0 Å². The SMILES string of the molecule is CCC1(NC(=O)c2ccc(OC)cc2N)CCC1. The van der Waals surface area contributed by atoms with E-state index >= 15 is 0 Å². The zero-order chi connectivity index (χ0) is 13.2. The molecule has 4 nitrogen and oxygen atoms in total. The van der Waals surface area contributed by atoms with Gasteiger partial charge in [-0.2, -0.15) is 0 Å². The van der Waals surface area contributed by atoms with Crippen LogP contribution in [0.2, 0.25) is 0 Å². The summed E-state index contributed by atoms with van der Waals surface area (Å²) in [6, 6.07) is 5.14. The van der Waals surface area contributed by atoms with Crippen LogP contribution in [0.5, 0.6) is 5.75 Å². The minimum absolute atomic E-state index is 0.0105. The first-order chi connectivity index (χ1) is 8.60. The lowest BCUT2D eigenvalue weighted by atomic mass is 9.74. The van der Waals surface area contributed by atoms with E-state index in [9.17, 15) is 4.79 Å². The minimum Gasteiger partial charge on any atom is -0.497 e. The highest BCUT2D eigenvalue weighted by molar-refractivity contribution is 5.99. The minimum atomic E-state index is -0.0864. The molecule has 0 saturated heterocycles. The number of amides is 1. The summed E-state index contributed by atoms with van der Waals surface area (Å²) in [6.45, 7) is 2.11. The number of hydrogen-bond acceptors (Lipinski definition) is 3. The van der Waals surface area contributed by atoms with Crippen LogP contribution < -0.4 is 15.8 Å². The van der Waals surface area contributed by atoms with Crippen molar-refractivity contribution in [3.63, 3.8) is 0 Å². The summed E-state index contributed by atoms with van der Waals surface area (Å²) in [6.07, 6.45) is 4.28. The molecule has 18 heavy (non-hydrogen) atoms. The van der Waals surface area contributed by atoms with Crippen molar-refractivity contribution in [3.8, 4) is 5.75 Å². The van der Waals surface area contributed by atoms with Gasteiger partial charge >= 0.3 is 0 Å². The monoisotopic (exact) mass is 248 g/mol. The van der Waals surface area contributed by atoms with E-state index in [-0.39, 0.29) is 11.4 Å². The Balaban J connectivity index is 2.14. The lowest BCUT2D eigenvalue weighted by Gasteiger charge is -2.42. The van der Waals surface area contributed by atoms with E-state index in [0.29, 0.717) is 17.0 Å². The fourth-order valence-electron chi connectivity index (χ4n) is 2.35. The van der Waals surface area contributed by atoms with Crippen molar-refractivity contribution < 1.29 is 9.53 Å². The summed E-state index contributed by atoms with van der Waals surface area (Å²) in [5.41, 5.74) is 6.85. The van der Waals surface area contributed by atoms with Gasteiger partial charge in [0.1, 0.15) is 5.75 Å². The Morgan fingerprint density at radius 3 is 2.67 bits per heavy atom. The second-order valence-corrected chi connectivity index (χ2v) is 4.89. The van der Waals surface area contributed by atoms with E-state index in [4.69, 9.17) is 10.5 Å². The van der Waals surface area contributed by atoms with Gasteiger partial charge in [-0.05, 0) is 37.8 Å². The number of ether oxygens (including phenoxy) is 1. The van der Waals surface area contributed by atoms with Crippen molar-refractivity contribution in [2.75, 3.05) is 12.8 Å². The molecule has 0 aliphatic heterocycles. The predicted octanol–water partition coefficient (Wildman–Crippen LogP) is 2.34. The van der Waals surface area contributed by atoms with E-state index in [1.807, 2.05) is 0 Å². The smallest absolute Gasteiger partial charge is 0.253 e. The van der Waals surface area contributed by atoms with Gasteiger partial charge in [-0.1, -0.05) is 6.92 Å².